The number of anilines is 2. The minimum Gasteiger partial charge on any atom is -0.384 e. The molecule has 0 aliphatic rings. The quantitative estimate of drug-likeness (QED) is 0.674. The first-order chi connectivity index (χ1) is 13.3. The predicted octanol–water partition coefficient (Wildman–Crippen LogP) is 4.59. The Morgan fingerprint density at radius 2 is 1.63 bits per heavy atom. The zero-order chi connectivity index (χ0) is 18.9. The van der Waals surface area contributed by atoms with Gasteiger partial charge in [0.1, 0.15) is 0 Å². The molecular weight excluding hydrogens is 334 g/mol. The van der Waals surface area contributed by atoms with E-state index in [-0.39, 0.29) is 5.91 Å². The minimum absolute atomic E-state index is 0.0500. The summed E-state index contributed by atoms with van der Waals surface area (Å²) in [6, 6.07) is 29.1. The molecule has 0 spiro atoms. The molecule has 3 rings (SSSR count). The molecule has 0 unspecified atom stereocenters. The molecule has 0 radical (unpaired) electrons. The van der Waals surface area contributed by atoms with E-state index in [1.165, 1.54) is 0 Å². The minimum atomic E-state index is 0.0500. The van der Waals surface area contributed by atoms with E-state index < -0.39 is 0 Å². The number of amides is 1. The van der Waals surface area contributed by atoms with Crippen LogP contribution < -0.4 is 10.2 Å². The van der Waals surface area contributed by atoms with Gasteiger partial charge in [-0.25, -0.2) is 0 Å². The number of nitrogens with one attached hydrogen (secondary N) is 1. The van der Waals surface area contributed by atoms with Crippen LogP contribution in [0.15, 0.2) is 84.9 Å². The highest BCUT2D eigenvalue weighted by Gasteiger charge is 2.15. The van der Waals surface area contributed by atoms with Crippen LogP contribution in [0, 0.1) is 11.3 Å². The van der Waals surface area contributed by atoms with Gasteiger partial charge in [-0.2, -0.15) is 5.26 Å². The molecule has 134 valence electrons. The summed E-state index contributed by atoms with van der Waals surface area (Å²) in [6.45, 7) is 1.04. The Morgan fingerprint density at radius 3 is 2.33 bits per heavy atom. The number of benzene rings is 3. The Balaban J connectivity index is 1.66. The lowest BCUT2D eigenvalue weighted by molar-refractivity contribution is -0.118. The number of carbonyl (C=O) groups excluding carboxylic acids is 1. The highest BCUT2D eigenvalue weighted by atomic mass is 16.2. The summed E-state index contributed by atoms with van der Waals surface area (Å²) in [5, 5.41) is 12.2. The summed E-state index contributed by atoms with van der Waals surface area (Å²) in [6.07, 6.45) is 0.360. The molecule has 0 saturated carbocycles. The molecule has 0 atom stereocenters. The Hall–Kier alpha value is -3.58. The zero-order valence-electron chi connectivity index (χ0n) is 15.0. The summed E-state index contributed by atoms with van der Waals surface area (Å²) < 4.78 is 0. The second-order valence-corrected chi connectivity index (χ2v) is 6.17. The van der Waals surface area contributed by atoms with Crippen molar-refractivity contribution in [1.29, 1.82) is 5.26 Å². The average molecular weight is 355 g/mol. The number of para-hydroxylation sites is 1. The smallest absolute Gasteiger partial charge is 0.229 e. The van der Waals surface area contributed by atoms with E-state index in [9.17, 15) is 4.79 Å². The van der Waals surface area contributed by atoms with Gasteiger partial charge in [0, 0.05) is 24.3 Å². The van der Waals surface area contributed by atoms with Gasteiger partial charge in [-0.05, 0) is 35.9 Å². The second-order valence-electron chi connectivity index (χ2n) is 6.17. The maximum atomic E-state index is 12.9. The van der Waals surface area contributed by atoms with Crippen molar-refractivity contribution in [1.82, 2.24) is 0 Å². The highest BCUT2D eigenvalue weighted by Crippen LogP contribution is 2.18. The van der Waals surface area contributed by atoms with Gasteiger partial charge in [0.25, 0.3) is 0 Å². The van der Waals surface area contributed by atoms with Crippen LogP contribution in [0.3, 0.4) is 0 Å². The third-order valence-electron chi connectivity index (χ3n) is 4.21. The van der Waals surface area contributed by atoms with Gasteiger partial charge < -0.3 is 10.2 Å². The second kappa shape index (κ2) is 9.21. The normalized spacial score (nSPS) is 10.0. The third kappa shape index (κ3) is 5.20. The molecule has 0 aromatic heterocycles. The van der Waals surface area contributed by atoms with Crippen molar-refractivity contribution in [3.05, 3.63) is 96.1 Å². The summed E-state index contributed by atoms with van der Waals surface area (Å²) in [7, 11) is 0. The molecule has 4 nitrogen and oxygen atoms in total. The molecule has 4 heteroatoms. The van der Waals surface area contributed by atoms with Crippen molar-refractivity contribution in [2.75, 3.05) is 16.8 Å². The van der Waals surface area contributed by atoms with Gasteiger partial charge in [0.05, 0.1) is 18.2 Å². The maximum Gasteiger partial charge on any atom is 0.229 e. The molecule has 1 amide bonds. The Bertz CT molecular complexity index is 917. The number of nitrogens with zero attached hydrogens (tertiary/aromatic N) is 2. The maximum absolute atomic E-state index is 12.9. The number of hydrogen-bond acceptors (Lipinski definition) is 3. The molecule has 3 aromatic carbocycles. The number of hydrogen-bond donors (Lipinski definition) is 1. The van der Waals surface area contributed by atoms with E-state index in [4.69, 9.17) is 5.26 Å². The lowest BCUT2D eigenvalue weighted by Crippen LogP contribution is -2.31. The van der Waals surface area contributed by atoms with Crippen molar-refractivity contribution in [2.45, 2.75) is 13.0 Å². The van der Waals surface area contributed by atoms with Crippen LogP contribution in [0.5, 0.6) is 0 Å². The number of nitriles is 1. The van der Waals surface area contributed by atoms with Gasteiger partial charge in [-0.3, -0.25) is 4.79 Å². The van der Waals surface area contributed by atoms with Crippen molar-refractivity contribution in [3.63, 3.8) is 0 Å². The summed E-state index contributed by atoms with van der Waals surface area (Å²) in [5.41, 5.74) is 3.42. The molecular formula is C23H21N3O. The van der Waals surface area contributed by atoms with Gasteiger partial charge >= 0.3 is 0 Å². The monoisotopic (exact) mass is 355 g/mol. The van der Waals surface area contributed by atoms with Crippen LogP contribution in [0.4, 0.5) is 11.4 Å². The molecule has 1 N–H and O–H groups in total. The lowest BCUT2D eigenvalue weighted by Gasteiger charge is -2.23. The first-order valence-electron chi connectivity index (χ1n) is 8.89. The standard InChI is InChI=1S/C23H21N3O/c24-17-20-10-7-11-21(16-20)25-15-14-23(27)26(22-12-5-2-6-13-22)18-19-8-3-1-4-9-19/h1-13,16,25H,14-15,18H2. The molecule has 0 saturated heterocycles. The molecule has 0 bridgehead atoms. The Kier molecular flexibility index (Phi) is 6.21. The zero-order valence-corrected chi connectivity index (χ0v) is 15.0. The van der Waals surface area contributed by atoms with Crippen molar-refractivity contribution in [3.8, 4) is 6.07 Å². The van der Waals surface area contributed by atoms with E-state index in [0.29, 0.717) is 25.1 Å². The summed E-state index contributed by atoms with van der Waals surface area (Å²) >= 11 is 0. The van der Waals surface area contributed by atoms with Gasteiger partial charge in [0.15, 0.2) is 0 Å². The fourth-order valence-corrected chi connectivity index (χ4v) is 2.84. The van der Waals surface area contributed by atoms with E-state index in [1.54, 1.807) is 12.1 Å². The van der Waals surface area contributed by atoms with Gasteiger partial charge in [-0.15, -0.1) is 0 Å². The van der Waals surface area contributed by atoms with Crippen LogP contribution in [0.2, 0.25) is 0 Å². The van der Waals surface area contributed by atoms with Crippen molar-refractivity contribution >= 4 is 17.3 Å². The van der Waals surface area contributed by atoms with E-state index in [1.807, 2.05) is 77.7 Å². The van der Waals surface area contributed by atoms with Crippen molar-refractivity contribution < 1.29 is 4.79 Å². The molecule has 27 heavy (non-hydrogen) atoms. The fourth-order valence-electron chi connectivity index (χ4n) is 2.84. The molecule has 3 aromatic rings. The van der Waals surface area contributed by atoms with Crippen LogP contribution in [0.1, 0.15) is 17.5 Å². The van der Waals surface area contributed by atoms with Crippen LogP contribution >= 0.6 is 0 Å². The van der Waals surface area contributed by atoms with E-state index >= 15 is 0 Å². The summed E-state index contributed by atoms with van der Waals surface area (Å²) in [5.74, 6) is 0.0500. The number of carbonyl (C=O) groups is 1. The first kappa shape index (κ1) is 18.2. The molecule has 0 fully saturated rings. The van der Waals surface area contributed by atoms with Gasteiger partial charge in [-0.1, -0.05) is 54.6 Å². The van der Waals surface area contributed by atoms with Crippen LogP contribution in [-0.4, -0.2) is 12.5 Å². The Labute approximate surface area is 159 Å². The number of rotatable bonds is 7. The average Bonchev–Trinajstić information content (AvgIpc) is 2.73. The topological polar surface area (TPSA) is 56.1 Å². The highest BCUT2D eigenvalue weighted by molar-refractivity contribution is 5.93. The predicted molar refractivity (Wildman–Crippen MR) is 108 cm³/mol. The van der Waals surface area contributed by atoms with E-state index in [0.717, 1.165) is 16.9 Å². The fraction of sp³-hybridized carbons (Fsp3) is 0.130. The van der Waals surface area contributed by atoms with Crippen molar-refractivity contribution in [2.24, 2.45) is 0 Å². The SMILES string of the molecule is N#Cc1cccc(NCCC(=O)N(Cc2ccccc2)c2ccccc2)c1. The van der Waals surface area contributed by atoms with Crippen LogP contribution in [-0.2, 0) is 11.3 Å². The molecule has 0 heterocycles. The lowest BCUT2D eigenvalue weighted by atomic mass is 10.1. The molecule has 0 aliphatic carbocycles. The van der Waals surface area contributed by atoms with Gasteiger partial charge in [0.2, 0.25) is 5.91 Å². The largest absolute Gasteiger partial charge is 0.384 e. The van der Waals surface area contributed by atoms with Crippen LogP contribution in [0.25, 0.3) is 0 Å². The Morgan fingerprint density at radius 1 is 0.926 bits per heavy atom. The first-order valence-corrected chi connectivity index (χ1v) is 8.89. The summed E-state index contributed by atoms with van der Waals surface area (Å²) in [4.78, 5) is 14.7. The molecule has 0 aliphatic heterocycles. The van der Waals surface area contributed by atoms with E-state index in [2.05, 4.69) is 11.4 Å². The third-order valence-corrected chi connectivity index (χ3v) is 4.21.